The Morgan fingerprint density at radius 1 is 1.21 bits per heavy atom. The van der Waals surface area contributed by atoms with Crippen molar-refractivity contribution in [1.82, 2.24) is 0 Å². The molecule has 0 N–H and O–H groups in total. The summed E-state index contributed by atoms with van der Waals surface area (Å²) in [7, 11) is -2.51. The molecule has 0 aliphatic rings. The first-order valence-corrected chi connectivity index (χ1v) is 7.23. The van der Waals surface area contributed by atoms with Gasteiger partial charge in [-0.3, -0.25) is 4.79 Å². The van der Waals surface area contributed by atoms with Gasteiger partial charge in [0.05, 0.1) is 10.8 Å². The van der Waals surface area contributed by atoms with E-state index in [9.17, 15) is 13.2 Å². The van der Waals surface area contributed by atoms with Crippen LogP contribution in [0.15, 0.2) is 42.5 Å². The molecule has 97 valence electrons. The fourth-order valence-corrected chi connectivity index (χ4v) is 2.45. The molecule has 0 bridgehead atoms. The lowest BCUT2D eigenvalue weighted by molar-refractivity contribution is 0.103. The Hall–Kier alpha value is -1.65. The van der Waals surface area contributed by atoms with Crippen LogP contribution in [0.2, 0.25) is 5.02 Å². The van der Waals surface area contributed by atoms with Gasteiger partial charge in [-0.05, 0) is 23.8 Å². The highest BCUT2D eigenvalue weighted by Gasteiger charge is 2.13. The second kappa shape index (κ2) is 5.99. The van der Waals surface area contributed by atoms with Gasteiger partial charge >= 0.3 is 0 Å². The molecule has 0 spiro atoms. The van der Waals surface area contributed by atoms with Crippen molar-refractivity contribution in [3.63, 3.8) is 0 Å². The van der Waals surface area contributed by atoms with Crippen molar-refractivity contribution < 1.29 is 13.2 Å². The maximum absolute atomic E-state index is 12.2. The lowest BCUT2D eigenvalue weighted by Gasteiger charge is -2.05. The van der Waals surface area contributed by atoms with E-state index in [4.69, 9.17) is 11.6 Å². The minimum absolute atomic E-state index is 0.0824. The Kier molecular flexibility index (Phi) is 4.35. The van der Waals surface area contributed by atoms with Crippen LogP contribution in [-0.2, 0) is 16.5 Å². The summed E-state index contributed by atoms with van der Waals surface area (Å²) >= 11 is 6.03. The number of hydrogen-bond acceptors (Lipinski definition) is 3. The van der Waals surface area contributed by atoms with E-state index in [1.54, 1.807) is 36.4 Å². The molecule has 0 aliphatic carbocycles. The minimum Gasteiger partial charge on any atom is -0.289 e. The van der Waals surface area contributed by atoms with Gasteiger partial charge in [0.1, 0.15) is 10.7 Å². The Labute approximate surface area is 117 Å². The van der Waals surface area contributed by atoms with Crippen molar-refractivity contribution in [2.45, 2.75) is 5.75 Å². The van der Waals surface area contributed by atoms with Gasteiger partial charge in [-0.15, -0.1) is 0 Å². The fraction of sp³-hybridized carbons (Fsp3) is 0.0714. The zero-order valence-electron chi connectivity index (χ0n) is 9.80. The molecule has 0 amide bonds. The number of hydrogen-bond donors (Lipinski definition) is 1. The predicted octanol–water partition coefficient (Wildman–Crippen LogP) is 2.48. The smallest absolute Gasteiger partial charge is 0.195 e. The maximum Gasteiger partial charge on any atom is 0.195 e. The molecule has 0 saturated carbocycles. The average Bonchev–Trinajstić information content (AvgIpc) is 2.38. The van der Waals surface area contributed by atoms with E-state index in [2.05, 4.69) is 6.07 Å². The Bertz CT molecular complexity index is 670. The first-order valence-electron chi connectivity index (χ1n) is 5.49. The molecule has 3 nitrogen and oxygen atoms in total. The summed E-state index contributed by atoms with van der Waals surface area (Å²) in [6.07, 6.45) is 0. The average molecular weight is 294 g/mol. The molecular formula is C14H10ClO3S. The van der Waals surface area contributed by atoms with Crippen LogP contribution in [0.25, 0.3) is 0 Å². The topological polar surface area (TPSA) is 51.2 Å². The van der Waals surface area contributed by atoms with Crippen LogP contribution in [0.4, 0.5) is 0 Å². The summed E-state index contributed by atoms with van der Waals surface area (Å²) in [6.45, 7) is 0. The summed E-state index contributed by atoms with van der Waals surface area (Å²) in [5.74, 6) is -0.315. The summed E-state index contributed by atoms with van der Waals surface area (Å²) in [5, 5.41) is 0.247. The van der Waals surface area contributed by atoms with Crippen molar-refractivity contribution in [2.24, 2.45) is 0 Å². The van der Waals surface area contributed by atoms with Crippen molar-refractivity contribution in [3.05, 3.63) is 70.2 Å². The highest BCUT2D eigenvalue weighted by Crippen LogP contribution is 2.21. The molecule has 0 saturated heterocycles. The quantitative estimate of drug-likeness (QED) is 0.696. The molecule has 0 unspecified atom stereocenters. The summed E-state index contributed by atoms with van der Waals surface area (Å²) in [6, 6.07) is 14.3. The second-order valence-electron chi connectivity index (χ2n) is 3.91. The van der Waals surface area contributed by atoms with Gasteiger partial charge in [0, 0.05) is 11.1 Å². The zero-order chi connectivity index (χ0) is 13.8. The number of benzene rings is 2. The lowest BCUT2D eigenvalue weighted by atomic mass is 10.0. The third-order valence-corrected chi connectivity index (χ3v) is 3.48. The molecule has 0 aromatic heterocycles. The van der Waals surface area contributed by atoms with E-state index in [1.807, 2.05) is 0 Å². The summed E-state index contributed by atoms with van der Waals surface area (Å²) in [5.41, 5.74) is 1.33. The minimum atomic E-state index is -2.51. The molecule has 2 aromatic rings. The predicted molar refractivity (Wildman–Crippen MR) is 74.2 cm³/mol. The summed E-state index contributed by atoms with van der Waals surface area (Å²) in [4.78, 5) is 12.2. The Morgan fingerprint density at radius 2 is 2.00 bits per heavy atom. The van der Waals surface area contributed by atoms with E-state index >= 15 is 0 Å². The normalized spacial score (nSPS) is 10.6. The van der Waals surface area contributed by atoms with Gasteiger partial charge in [0.25, 0.3) is 0 Å². The van der Waals surface area contributed by atoms with Crippen molar-refractivity contribution >= 4 is 28.1 Å². The lowest BCUT2D eigenvalue weighted by Crippen LogP contribution is -2.02. The van der Waals surface area contributed by atoms with Gasteiger partial charge in [0.2, 0.25) is 0 Å². The largest absolute Gasteiger partial charge is 0.289 e. The molecule has 0 aliphatic heterocycles. The van der Waals surface area contributed by atoms with E-state index in [0.717, 1.165) is 0 Å². The van der Waals surface area contributed by atoms with E-state index < -0.39 is 10.7 Å². The highest BCUT2D eigenvalue weighted by molar-refractivity contribution is 7.71. The molecule has 2 aromatic carbocycles. The van der Waals surface area contributed by atoms with E-state index in [1.165, 1.54) is 6.07 Å². The maximum atomic E-state index is 12.2. The Balaban J connectivity index is 2.34. The standard InChI is InChI=1S/C14H10ClO3S/c15-13-8-10(9-19(17)18)6-7-12(13)14(16)11-4-2-1-3-5-11/h1-4,6-8,19H,9H2. The third-order valence-electron chi connectivity index (χ3n) is 2.54. The van der Waals surface area contributed by atoms with Crippen molar-refractivity contribution in [1.29, 1.82) is 0 Å². The van der Waals surface area contributed by atoms with Crippen LogP contribution < -0.4 is 0 Å². The second-order valence-corrected chi connectivity index (χ2v) is 5.30. The van der Waals surface area contributed by atoms with Gasteiger partial charge in [0.15, 0.2) is 5.78 Å². The molecule has 1 radical (unpaired) electrons. The molecule has 0 fully saturated rings. The van der Waals surface area contributed by atoms with Crippen molar-refractivity contribution in [2.75, 3.05) is 0 Å². The van der Waals surface area contributed by atoms with Crippen LogP contribution in [0.3, 0.4) is 0 Å². The molecule has 0 heterocycles. The molecule has 5 heteroatoms. The van der Waals surface area contributed by atoms with Gasteiger partial charge in [-0.25, -0.2) is 8.42 Å². The zero-order valence-corrected chi connectivity index (χ0v) is 11.4. The number of carbonyl (C=O) groups excluding carboxylic acids is 1. The van der Waals surface area contributed by atoms with Crippen LogP contribution in [0, 0.1) is 6.07 Å². The van der Waals surface area contributed by atoms with Crippen LogP contribution in [-0.4, -0.2) is 14.2 Å². The molecule has 0 atom stereocenters. The molecule has 19 heavy (non-hydrogen) atoms. The van der Waals surface area contributed by atoms with Gasteiger partial charge in [-0.1, -0.05) is 41.9 Å². The molecular weight excluding hydrogens is 284 g/mol. The van der Waals surface area contributed by atoms with Crippen LogP contribution in [0.5, 0.6) is 0 Å². The van der Waals surface area contributed by atoms with Crippen LogP contribution in [0.1, 0.15) is 21.5 Å². The van der Waals surface area contributed by atoms with E-state index in [0.29, 0.717) is 16.7 Å². The van der Waals surface area contributed by atoms with Crippen molar-refractivity contribution in [3.8, 4) is 0 Å². The highest BCUT2D eigenvalue weighted by atomic mass is 35.5. The Morgan fingerprint density at radius 3 is 2.58 bits per heavy atom. The van der Waals surface area contributed by atoms with Crippen LogP contribution >= 0.6 is 11.6 Å². The third kappa shape index (κ3) is 3.43. The summed E-state index contributed by atoms with van der Waals surface area (Å²) < 4.78 is 21.3. The number of rotatable bonds is 4. The number of ketones is 1. The first kappa shape index (κ1) is 13.8. The number of thiol groups is 1. The first-order chi connectivity index (χ1) is 9.08. The molecule has 2 rings (SSSR count). The fourth-order valence-electron chi connectivity index (χ4n) is 1.67. The number of carbonyl (C=O) groups is 1. The van der Waals surface area contributed by atoms with Gasteiger partial charge < -0.3 is 0 Å². The van der Waals surface area contributed by atoms with E-state index in [-0.39, 0.29) is 16.6 Å². The monoisotopic (exact) mass is 293 g/mol. The van der Waals surface area contributed by atoms with Gasteiger partial charge in [-0.2, -0.15) is 0 Å². The SMILES string of the molecule is O=C(c1[c]cccc1)c1ccc(C[SH](=O)=O)cc1Cl. The number of halogens is 1.